The summed E-state index contributed by atoms with van der Waals surface area (Å²) in [6, 6.07) is 11.3. The minimum atomic E-state index is -0.427. The normalized spacial score (nSPS) is 16.1. The summed E-state index contributed by atoms with van der Waals surface area (Å²) >= 11 is 1.30. The van der Waals surface area contributed by atoms with Crippen LogP contribution in [0.4, 0.5) is 5.69 Å². The van der Waals surface area contributed by atoms with E-state index in [1.165, 1.54) is 16.7 Å². The molecule has 1 atom stereocenters. The molecule has 2 aromatic heterocycles. The number of nitrogens with zero attached hydrogens (tertiary/aromatic N) is 4. The molecule has 4 rings (SSSR count). The SMILES string of the molecule is CCOC(=O)CN1C(=O)C(Sc2n[nH]c(-c3ccncc3)n2)CCc2ccccc21. The predicted octanol–water partition coefficient (Wildman–Crippen LogP) is 2.87. The number of amides is 1. The molecule has 30 heavy (non-hydrogen) atoms. The Morgan fingerprint density at radius 2 is 2.07 bits per heavy atom. The summed E-state index contributed by atoms with van der Waals surface area (Å²) in [5.74, 6) is 0.0464. The maximum atomic E-state index is 13.4. The number of ether oxygens (including phenoxy) is 1. The van der Waals surface area contributed by atoms with E-state index in [2.05, 4.69) is 20.2 Å². The number of anilines is 1. The molecule has 1 aliphatic heterocycles. The van der Waals surface area contributed by atoms with Crippen molar-refractivity contribution in [3.8, 4) is 11.4 Å². The average molecular weight is 423 g/mol. The summed E-state index contributed by atoms with van der Waals surface area (Å²) < 4.78 is 5.08. The van der Waals surface area contributed by atoms with Crippen molar-refractivity contribution in [2.75, 3.05) is 18.1 Å². The number of carbonyl (C=O) groups is 2. The second kappa shape index (κ2) is 9.08. The fourth-order valence-electron chi connectivity index (χ4n) is 3.36. The molecule has 9 heteroatoms. The fourth-order valence-corrected chi connectivity index (χ4v) is 4.32. The second-order valence-corrected chi connectivity index (χ2v) is 7.88. The number of nitrogens with one attached hydrogen (secondary N) is 1. The number of hydrogen-bond acceptors (Lipinski definition) is 7. The maximum Gasteiger partial charge on any atom is 0.326 e. The Morgan fingerprint density at radius 3 is 2.87 bits per heavy atom. The highest BCUT2D eigenvalue weighted by Crippen LogP contribution is 2.33. The number of H-pyrrole nitrogens is 1. The number of pyridine rings is 1. The standard InChI is InChI=1S/C21H21N5O3S/c1-2-29-18(27)13-26-16-6-4-3-5-14(16)7-8-17(20(26)28)30-21-23-19(24-25-21)15-9-11-22-12-10-15/h3-6,9-12,17H,2,7-8,13H2,1H3,(H,23,24,25). The Labute approximate surface area is 178 Å². The Hall–Kier alpha value is -3.20. The maximum absolute atomic E-state index is 13.4. The highest BCUT2D eigenvalue weighted by atomic mass is 32.2. The highest BCUT2D eigenvalue weighted by molar-refractivity contribution is 8.00. The lowest BCUT2D eigenvalue weighted by Gasteiger charge is -2.24. The first-order chi connectivity index (χ1) is 14.7. The zero-order valence-electron chi connectivity index (χ0n) is 16.4. The molecule has 8 nitrogen and oxygen atoms in total. The van der Waals surface area contributed by atoms with Gasteiger partial charge in [0, 0.05) is 23.6 Å². The van der Waals surface area contributed by atoms with Crippen LogP contribution in [0.3, 0.4) is 0 Å². The van der Waals surface area contributed by atoms with Gasteiger partial charge in [0.05, 0.1) is 11.9 Å². The molecule has 0 aliphatic carbocycles. The summed E-state index contributed by atoms with van der Waals surface area (Å²) in [5, 5.41) is 7.25. The molecule has 0 fully saturated rings. The van der Waals surface area contributed by atoms with E-state index in [0.29, 0.717) is 17.4 Å². The lowest BCUT2D eigenvalue weighted by molar-refractivity contribution is -0.142. The van der Waals surface area contributed by atoms with Crippen LogP contribution in [0, 0.1) is 0 Å². The van der Waals surface area contributed by atoms with Gasteiger partial charge < -0.3 is 4.74 Å². The Bertz CT molecular complexity index is 1040. The first-order valence-electron chi connectivity index (χ1n) is 9.70. The number of carbonyl (C=O) groups excluding carboxylic acids is 2. The molecule has 3 aromatic rings. The van der Waals surface area contributed by atoms with E-state index in [4.69, 9.17) is 4.74 Å². The molecular weight excluding hydrogens is 402 g/mol. The van der Waals surface area contributed by atoms with E-state index in [-0.39, 0.29) is 19.1 Å². The number of esters is 1. The molecule has 1 N–H and O–H groups in total. The van der Waals surface area contributed by atoms with Gasteiger partial charge in [0.1, 0.15) is 6.54 Å². The topological polar surface area (TPSA) is 101 Å². The van der Waals surface area contributed by atoms with Crippen molar-refractivity contribution in [2.45, 2.75) is 30.2 Å². The average Bonchev–Trinajstić information content (AvgIpc) is 3.20. The van der Waals surface area contributed by atoms with Crippen molar-refractivity contribution in [1.82, 2.24) is 20.2 Å². The van der Waals surface area contributed by atoms with Crippen molar-refractivity contribution < 1.29 is 14.3 Å². The molecule has 0 bridgehead atoms. The minimum absolute atomic E-state index is 0.114. The molecule has 0 saturated heterocycles. The molecule has 1 amide bonds. The second-order valence-electron chi connectivity index (χ2n) is 6.71. The van der Waals surface area contributed by atoms with Gasteiger partial charge in [-0.1, -0.05) is 30.0 Å². The molecule has 0 spiro atoms. The fraction of sp³-hybridized carbons (Fsp3) is 0.286. The number of aryl methyl sites for hydroxylation is 1. The van der Waals surface area contributed by atoms with Crippen LogP contribution in [-0.4, -0.2) is 50.4 Å². The zero-order valence-corrected chi connectivity index (χ0v) is 17.3. The van der Waals surface area contributed by atoms with Crippen molar-refractivity contribution in [1.29, 1.82) is 0 Å². The quantitative estimate of drug-likeness (QED) is 0.608. The number of hydrogen-bond donors (Lipinski definition) is 1. The lowest BCUT2D eigenvalue weighted by atomic mass is 10.1. The Balaban J connectivity index is 1.56. The number of rotatable bonds is 6. The third-order valence-corrected chi connectivity index (χ3v) is 5.87. The van der Waals surface area contributed by atoms with Gasteiger partial charge in [-0.25, -0.2) is 4.98 Å². The third kappa shape index (κ3) is 4.35. The number of thioether (sulfide) groups is 1. The first kappa shape index (κ1) is 20.1. The molecular formula is C21H21N5O3S. The van der Waals surface area contributed by atoms with Crippen molar-refractivity contribution in [3.05, 3.63) is 54.4 Å². The van der Waals surface area contributed by atoms with E-state index in [0.717, 1.165) is 23.2 Å². The molecule has 1 aromatic carbocycles. The van der Waals surface area contributed by atoms with Crippen LogP contribution in [0.5, 0.6) is 0 Å². The summed E-state index contributed by atoms with van der Waals surface area (Å²) in [6.07, 6.45) is 4.72. The van der Waals surface area contributed by atoms with Crippen LogP contribution < -0.4 is 4.90 Å². The molecule has 3 heterocycles. The largest absolute Gasteiger partial charge is 0.465 e. The van der Waals surface area contributed by atoms with Gasteiger partial charge in [0.2, 0.25) is 11.1 Å². The number of para-hydroxylation sites is 1. The monoisotopic (exact) mass is 423 g/mol. The van der Waals surface area contributed by atoms with Crippen molar-refractivity contribution >= 4 is 29.3 Å². The van der Waals surface area contributed by atoms with E-state index >= 15 is 0 Å². The van der Waals surface area contributed by atoms with Gasteiger partial charge in [0.25, 0.3) is 0 Å². The summed E-state index contributed by atoms with van der Waals surface area (Å²) in [6.45, 7) is 1.91. The van der Waals surface area contributed by atoms with Gasteiger partial charge >= 0.3 is 5.97 Å². The van der Waals surface area contributed by atoms with E-state index in [9.17, 15) is 9.59 Å². The van der Waals surface area contributed by atoms with Crippen LogP contribution in [0.2, 0.25) is 0 Å². The third-order valence-electron chi connectivity index (χ3n) is 4.76. The Kier molecular flexibility index (Phi) is 6.08. The lowest BCUT2D eigenvalue weighted by Crippen LogP contribution is -2.41. The zero-order chi connectivity index (χ0) is 20.9. The number of aromatic nitrogens is 4. The van der Waals surface area contributed by atoms with Crippen LogP contribution >= 0.6 is 11.8 Å². The van der Waals surface area contributed by atoms with E-state index in [1.54, 1.807) is 19.3 Å². The van der Waals surface area contributed by atoms with Crippen LogP contribution in [0.15, 0.2) is 53.9 Å². The van der Waals surface area contributed by atoms with Crippen LogP contribution in [0.25, 0.3) is 11.4 Å². The predicted molar refractivity (Wildman–Crippen MR) is 113 cm³/mol. The van der Waals surface area contributed by atoms with Gasteiger partial charge in [-0.2, -0.15) is 0 Å². The number of fused-ring (bicyclic) bond motifs is 1. The van der Waals surface area contributed by atoms with Crippen molar-refractivity contribution in [3.63, 3.8) is 0 Å². The van der Waals surface area contributed by atoms with Gasteiger partial charge in [0.15, 0.2) is 5.82 Å². The smallest absolute Gasteiger partial charge is 0.326 e. The molecule has 0 saturated carbocycles. The number of benzene rings is 1. The summed E-state index contributed by atoms with van der Waals surface area (Å²) in [5.41, 5.74) is 2.66. The summed E-state index contributed by atoms with van der Waals surface area (Å²) in [7, 11) is 0. The minimum Gasteiger partial charge on any atom is -0.465 e. The Morgan fingerprint density at radius 1 is 1.27 bits per heavy atom. The number of aromatic amines is 1. The van der Waals surface area contributed by atoms with Crippen LogP contribution in [0.1, 0.15) is 18.9 Å². The highest BCUT2D eigenvalue weighted by Gasteiger charge is 2.33. The van der Waals surface area contributed by atoms with Gasteiger partial charge in [-0.3, -0.25) is 24.6 Å². The van der Waals surface area contributed by atoms with E-state index < -0.39 is 11.2 Å². The molecule has 154 valence electrons. The summed E-state index contributed by atoms with van der Waals surface area (Å²) in [4.78, 5) is 35.5. The van der Waals surface area contributed by atoms with Gasteiger partial charge in [-0.15, -0.1) is 5.10 Å². The van der Waals surface area contributed by atoms with Crippen molar-refractivity contribution in [2.24, 2.45) is 0 Å². The van der Waals surface area contributed by atoms with Gasteiger partial charge in [-0.05, 0) is 43.5 Å². The molecule has 0 radical (unpaired) electrons. The van der Waals surface area contributed by atoms with Crippen LogP contribution in [-0.2, 0) is 20.7 Å². The molecule has 1 unspecified atom stereocenters. The molecule has 1 aliphatic rings. The van der Waals surface area contributed by atoms with E-state index in [1.807, 2.05) is 36.4 Å². The first-order valence-corrected chi connectivity index (χ1v) is 10.6.